The molecule has 0 radical (unpaired) electrons. The number of rotatable bonds is 7. The molecule has 0 bridgehead atoms. The van der Waals surface area contributed by atoms with Crippen molar-refractivity contribution in [2.24, 2.45) is 16.8 Å². The molecule has 0 aliphatic heterocycles. The zero-order valence-corrected chi connectivity index (χ0v) is 9.53. The lowest BCUT2D eigenvalue weighted by atomic mass is 10.0. The second-order valence-corrected chi connectivity index (χ2v) is 3.60. The van der Waals surface area contributed by atoms with Gasteiger partial charge in [0.05, 0.1) is 6.54 Å². The third-order valence-electron chi connectivity index (χ3n) is 2.63. The van der Waals surface area contributed by atoms with Gasteiger partial charge in [-0.05, 0) is 12.5 Å². The van der Waals surface area contributed by atoms with Crippen molar-refractivity contribution in [3.63, 3.8) is 0 Å². The van der Waals surface area contributed by atoms with Gasteiger partial charge in [0.2, 0.25) is 0 Å². The molecule has 0 aromatic heterocycles. The van der Waals surface area contributed by atoms with E-state index in [0.29, 0.717) is 12.5 Å². The number of hydrogen-bond donors (Lipinski definition) is 2. The summed E-state index contributed by atoms with van der Waals surface area (Å²) in [6, 6.07) is 0. The molecule has 0 heterocycles. The van der Waals surface area contributed by atoms with Crippen molar-refractivity contribution in [1.29, 1.82) is 0 Å². The van der Waals surface area contributed by atoms with E-state index in [1.807, 2.05) is 0 Å². The maximum absolute atomic E-state index is 8.46. The Bertz CT molecular complexity index is 167. The van der Waals surface area contributed by atoms with Crippen molar-refractivity contribution in [2.75, 3.05) is 19.6 Å². The average molecular weight is 201 g/mol. The third-order valence-corrected chi connectivity index (χ3v) is 2.63. The predicted octanol–water partition coefficient (Wildman–Crippen LogP) is 1.49. The second-order valence-electron chi connectivity index (χ2n) is 3.60. The van der Waals surface area contributed by atoms with Crippen LogP contribution in [0.3, 0.4) is 0 Å². The monoisotopic (exact) mass is 201 g/mol. The molecule has 0 saturated heterocycles. The van der Waals surface area contributed by atoms with Gasteiger partial charge in [-0.25, -0.2) is 0 Å². The first-order valence-electron chi connectivity index (χ1n) is 5.36. The fraction of sp³-hybridized carbons (Fsp3) is 0.900. The van der Waals surface area contributed by atoms with Crippen LogP contribution in [0.4, 0.5) is 0 Å². The minimum atomic E-state index is 0.290. The molecule has 0 aromatic rings. The van der Waals surface area contributed by atoms with Gasteiger partial charge in [0, 0.05) is 6.54 Å². The number of nitrogens with two attached hydrogens (primary N) is 1. The summed E-state index contributed by atoms with van der Waals surface area (Å²) in [6.45, 7) is 9.01. The van der Waals surface area contributed by atoms with Gasteiger partial charge in [0.15, 0.2) is 5.84 Å². The van der Waals surface area contributed by atoms with E-state index in [2.05, 4.69) is 30.8 Å². The molecular formula is C10H23N3O. The van der Waals surface area contributed by atoms with Crippen LogP contribution < -0.4 is 5.73 Å². The molecule has 3 N–H and O–H groups in total. The van der Waals surface area contributed by atoms with Crippen molar-refractivity contribution in [3.8, 4) is 0 Å². The molecule has 0 aromatic carbocycles. The highest BCUT2D eigenvalue weighted by Crippen LogP contribution is 2.09. The highest BCUT2D eigenvalue weighted by molar-refractivity contribution is 5.81. The van der Waals surface area contributed by atoms with E-state index in [0.717, 1.165) is 13.1 Å². The first-order valence-corrected chi connectivity index (χ1v) is 5.36. The molecule has 0 spiro atoms. The quantitative estimate of drug-likeness (QED) is 0.284. The van der Waals surface area contributed by atoms with Gasteiger partial charge in [-0.3, -0.25) is 4.90 Å². The number of nitrogens with zero attached hydrogens (tertiary/aromatic N) is 2. The van der Waals surface area contributed by atoms with Crippen molar-refractivity contribution in [1.82, 2.24) is 4.90 Å². The number of hydrogen-bond acceptors (Lipinski definition) is 3. The van der Waals surface area contributed by atoms with E-state index in [1.165, 1.54) is 12.8 Å². The van der Waals surface area contributed by atoms with Crippen molar-refractivity contribution < 1.29 is 5.21 Å². The summed E-state index contributed by atoms with van der Waals surface area (Å²) in [5, 5.41) is 11.5. The Labute approximate surface area is 86.8 Å². The Morgan fingerprint density at radius 2 is 1.93 bits per heavy atom. The zero-order valence-electron chi connectivity index (χ0n) is 9.53. The molecule has 0 saturated carbocycles. The molecule has 0 unspecified atom stereocenters. The topological polar surface area (TPSA) is 61.8 Å². The Morgan fingerprint density at radius 1 is 1.36 bits per heavy atom. The second kappa shape index (κ2) is 7.62. The summed E-state index contributed by atoms with van der Waals surface area (Å²) in [5.41, 5.74) is 5.47. The number of amidine groups is 1. The summed E-state index contributed by atoms with van der Waals surface area (Å²) >= 11 is 0. The summed E-state index contributed by atoms with van der Waals surface area (Å²) in [6.07, 6.45) is 2.37. The molecule has 84 valence electrons. The van der Waals surface area contributed by atoms with E-state index in [9.17, 15) is 0 Å². The van der Waals surface area contributed by atoms with Crippen LogP contribution >= 0.6 is 0 Å². The lowest BCUT2D eigenvalue weighted by Crippen LogP contribution is -2.37. The summed E-state index contributed by atoms with van der Waals surface area (Å²) in [7, 11) is 0. The summed E-state index contributed by atoms with van der Waals surface area (Å²) in [4.78, 5) is 2.20. The highest BCUT2D eigenvalue weighted by atomic mass is 16.4. The normalized spacial score (nSPS) is 12.8. The lowest BCUT2D eigenvalue weighted by Gasteiger charge is -2.24. The molecule has 0 fully saturated rings. The number of likely N-dealkylation sites (N-methyl/N-ethyl adjacent to an activating group) is 1. The summed E-state index contributed by atoms with van der Waals surface area (Å²) in [5.74, 6) is 0.999. The van der Waals surface area contributed by atoms with Crippen LogP contribution in [0.1, 0.15) is 33.6 Å². The first kappa shape index (κ1) is 13.2. The van der Waals surface area contributed by atoms with E-state index >= 15 is 0 Å². The van der Waals surface area contributed by atoms with Crippen LogP contribution in [-0.2, 0) is 0 Å². The zero-order chi connectivity index (χ0) is 11.0. The van der Waals surface area contributed by atoms with Crippen molar-refractivity contribution in [3.05, 3.63) is 0 Å². The van der Waals surface area contributed by atoms with E-state index < -0.39 is 0 Å². The number of oxime groups is 1. The van der Waals surface area contributed by atoms with Gasteiger partial charge in [0.25, 0.3) is 0 Å². The third kappa shape index (κ3) is 5.07. The minimum Gasteiger partial charge on any atom is -0.409 e. The predicted molar refractivity (Wildman–Crippen MR) is 59.6 cm³/mol. The summed E-state index contributed by atoms with van der Waals surface area (Å²) < 4.78 is 0. The molecule has 0 aliphatic rings. The SMILES string of the molecule is CCC(CC)CN(CC)C/C(N)=N/O. The standard InChI is InChI=1S/C10H23N3O/c1-4-9(5-2)7-13(6-3)8-10(11)12-14/h9,14H,4-8H2,1-3H3,(H2,11,12). The van der Waals surface area contributed by atoms with Crippen molar-refractivity contribution in [2.45, 2.75) is 33.6 Å². The van der Waals surface area contributed by atoms with Crippen LogP contribution in [0, 0.1) is 5.92 Å². The van der Waals surface area contributed by atoms with Gasteiger partial charge < -0.3 is 10.9 Å². The Kier molecular flexibility index (Phi) is 7.20. The van der Waals surface area contributed by atoms with Gasteiger partial charge in [0.1, 0.15) is 0 Å². The molecule has 4 heteroatoms. The molecule has 0 rings (SSSR count). The molecular weight excluding hydrogens is 178 g/mol. The van der Waals surface area contributed by atoms with Crippen molar-refractivity contribution >= 4 is 5.84 Å². The van der Waals surface area contributed by atoms with Crippen LogP contribution in [0.5, 0.6) is 0 Å². The maximum Gasteiger partial charge on any atom is 0.153 e. The molecule has 0 atom stereocenters. The first-order chi connectivity index (χ1) is 6.67. The molecule has 0 amide bonds. The van der Waals surface area contributed by atoms with Crippen LogP contribution in [0.15, 0.2) is 5.16 Å². The van der Waals surface area contributed by atoms with Gasteiger partial charge in [-0.2, -0.15) is 0 Å². The Balaban J connectivity index is 4.01. The Hall–Kier alpha value is -0.770. The maximum atomic E-state index is 8.46. The van der Waals surface area contributed by atoms with Crippen LogP contribution in [-0.4, -0.2) is 35.6 Å². The largest absolute Gasteiger partial charge is 0.409 e. The van der Waals surface area contributed by atoms with E-state index in [4.69, 9.17) is 10.9 Å². The van der Waals surface area contributed by atoms with Gasteiger partial charge in [-0.1, -0.05) is 38.8 Å². The highest BCUT2D eigenvalue weighted by Gasteiger charge is 2.10. The van der Waals surface area contributed by atoms with E-state index in [1.54, 1.807) is 0 Å². The smallest absolute Gasteiger partial charge is 0.153 e. The molecule has 4 nitrogen and oxygen atoms in total. The molecule has 0 aliphatic carbocycles. The average Bonchev–Trinajstić information content (AvgIpc) is 2.23. The van der Waals surface area contributed by atoms with Gasteiger partial charge in [-0.15, -0.1) is 0 Å². The van der Waals surface area contributed by atoms with Crippen LogP contribution in [0.25, 0.3) is 0 Å². The lowest BCUT2D eigenvalue weighted by molar-refractivity contribution is 0.255. The fourth-order valence-corrected chi connectivity index (χ4v) is 1.48. The van der Waals surface area contributed by atoms with Crippen LogP contribution in [0.2, 0.25) is 0 Å². The molecule has 14 heavy (non-hydrogen) atoms. The van der Waals surface area contributed by atoms with Gasteiger partial charge >= 0.3 is 0 Å². The fourth-order valence-electron chi connectivity index (χ4n) is 1.48. The minimum absolute atomic E-state index is 0.290. The Morgan fingerprint density at radius 3 is 2.29 bits per heavy atom. The van der Waals surface area contributed by atoms with E-state index in [-0.39, 0.29) is 5.84 Å².